The van der Waals surface area contributed by atoms with Crippen LogP contribution in [0, 0.1) is 0 Å². The summed E-state index contributed by atoms with van der Waals surface area (Å²) < 4.78 is 0. The van der Waals surface area contributed by atoms with Gasteiger partial charge in [0.25, 0.3) is 0 Å². The van der Waals surface area contributed by atoms with Crippen LogP contribution in [0.3, 0.4) is 0 Å². The molecule has 0 aliphatic heterocycles. The van der Waals surface area contributed by atoms with E-state index in [0.717, 1.165) is 11.1 Å². The highest BCUT2D eigenvalue weighted by atomic mass is 35.5. The maximum absolute atomic E-state index is 11.3. The Morgan fingerprint density at radius 1 is 1.25 bits per heavy atom. The summed E-state index contributed by atoms with van der Waals surface area (Å²) >= 11 is 5.92. The molecular weight excluding hydrogens is 278 g/mol. The smallest absolute Gasteiger partial charge is 0.354 e. The summed E-state index contributed by atoms with van der Waals surface area (Å²) in [5.74, 6) is -1.03. The van der Waals surface area contributed by atoms with Gasteiger partial charge in [0, 0.05) is 34.0 Å². The number of hydrogen-bond acceptors (Lipinski definition) is 3. The molecule has 0 fully saturated rings. The van der Waals surface area contributed by atoms with Crippen molar-refractivity contribution in [2.45, 2.75) is 0 Å². The minimum absolute atomic E-state index is 0.0964. The number of carbonyl (C=O) groups is 1. The van der Waals surface area contributed by atoms with Gasteiger partial charge in [0.15, 0.2) is 0 Å². The molecule has 2 aromatic heterocycles. The lowest BCUT2D eigenvalue weighted by atomic mass is 10.2. The van der Waals surface area contributed by atoms with Crippen molar-refractivity contribution in [2.75, 3.05) is 5.32 Å². The number of hydrogen-bond donors (Lipinski definition) is 3. The van der Waals surface area contributed by atoms with Crippen LogP contribution in [-0.4, -0.2) is 21.0 Å². The van der Waals surface area contributed by atoms with Gasteiger partial charge in [0.1, 0.15) is 5.69 Å². The van der Waals surface area contributed by atoms with Crippen molar-refractivity contribution in [3.05, 3.63) is 53.4 Å². The van der Waals surface area contributed by atoms with Crippen LogP contribution >= 0.6 is 11.6 Å². The molecule has 3 rings (SSSR count). The summed E-state index contributed by atoms with van der Waals surface area (Å²) in [4.78, 5) is 18.1. The van der Waals surface area contributed by atoms with Crippen molar-refractivity contribution in [3.8, 4) is 0 Å². The monoisotopic (exact) mass is 287 g/mol. The Bertz CT molecular complexity index is 784. The van der Waals surface area contributed by atoms with E-state index in [9.17, 15) is 9.90 Å². The molecule has 0 atom stereocenters. The second-order valence-electron chi connectivity index (χ2n) is 4.23. The number of rotatable bonds is 3. The van der Waals surface area contributed by atoms with Gasteiger partial charge in [-0.25, -0.2) is 4.79 Å². The molecule has 20 heavy (non-hydrogen) atoms. The summed E-state index contributed by atoms with van der Waals surface area (Å²) in [6.07, 6.45) is 3.27. The lowest BCUT2D eigenvalue weighted by Crippen LogP contribution is -2.01. The first kappa shape index (κ1) is 12.5. The van der Waals surface area contributed by atoms with Crippen LogP contribution < -0.4 is 5.32 Å². The normalized spacial score (nSPS) is 10.7. The SMILES string of the molecule is O=C(O)c1[nH]c2cc(Cl)ccc2c1Nc1ccncc1. The second-order valence-corrected chi connectivity index (χ2v) is 4.67. The van der Waals surface area contributed by atoms with Crippen LogP contribution in [-0.2, 0) is 0 Å². The minimum atomic E-state index is -1.03. The van der Waals surface area contributed by atoms with Crippen LogP contribution in [0.25, 0.3) is 10.9 Å². The van der Waals surface area contributed by atoms with Gasteiger partial charge in [0.2, 0.25) is 0 Å². The number of carboxylic acids is 1. The number of nitrogens with one attached hydrogen (secondary N) is 2. The van der Waals surface area contributed by atoms with Crippen molar-refractivity contribution in [2.24, 2.45) is 0 Å². The van der Waals surface area contributed by atoms with Gasteiger partial charge in [-0.05, 0) is 30.3 Å². The van der Waals surface area contributed by atoms with E-state index in [1.165, 1.54) is 0 Å². The highest BCUT2D eigenvalue weighted by molar-refractivity contribution is 6.31. The summed E-state index contributed by atoms with van der Waals surface area (Å²) in [6.45, 7) is 0. The van der Waals surface area contributed by atoms with Crippen molar-refractivity contribution >= 4 is 39.8 Å². The van der Waals surface area contributed by atoms with Crippen molar-refractivity contribution in [3.63, 3.8) is 0 Å². The summed E-state index contributed by atoms with van der Waals surface area (Å²) in [6, 6.07) is 8.73. The lowest BCUT2D eigenvalue weighted by Gasteiger charge is -2.06. The molecular formula is C14H10ClN3O2. The third-order valence-electron chi connectivity index (χ3n) is 2.92. The van der Waals surface area contributed by atoms with Gasteiger partial charge < -0.3 is 15.4 Å². The molecule has 1 aromatic carbocycles. The predicted molar refractivity (Wildman–Crippen MR) is 77.8 cm³/mol. The molecule has 0 saturated heterocycles. The molecule has 5 nitrogen and oxygen atoms in total. The van der Waals surface area contributed by atoms with E-state index in [4.69, 9.17) is 11.6 Å². The summed E-state index contributed by atoms with van der Waals surface area (Å²) in [5.41, 5.74) is 2.04. The van der Waals surface area contributed by atoms with Crippen LogP contribution in [0.2, 0.25) is 5.02 Å². The Labute approximate surface area is 119 Å². The molecule has 100 valence electrons. The molecule has 0 radical (unpaired) electrons. The number of fused-ring (bicyclic) bond motifs is 1. The number of carboxylic acid groups (broad SMARTS) is 1. The molecule has 0 unspecified atom stereocenters. The number of anilines is 2. The highest BCUT2D eigenvalue weighted by Gasteiger charge is 2.17. The number of halogens is 1. The van der Waals surface area contributed by atoms with E-state index in [0.29, 0.717) is 16.2 Å². The zero-order valence-electron chi connectivity index (χ0n) is 10.2. The maximum atomic E-state index is 11.3. The predicted octanol–water partition coefficient (Wildman–Crippen LogP) is 3.66. The molecule has 6 heteroatoms. The third kappa shape index (κ3) is 2.19. The first-order valence-corrected chi connectivity index (χ1v) is 6.24. The fourth-order valence-corrected chi connectivity index (χ4v) is 2.21. The summed E-state index contributed by atoms with van der Waals surface area (Å²) in [7, 11) is 0. The molecule has 0 bridgehead atoms. The fraction of sp³-hybridized carbons (Fsp3) is 0. The second kappa shape index (κ2) is 4.86. The average molecular weight is 288 g/mol. The quantitative estimate of drug-likeness (QED) is 0.687. The third-order valence-corrected chi connectivity index (χ3v) is 3.16. The minimum Gasteiger partial charge on any atom is -0.477 e. The number of benzene rings is 1. The maximum Gasteiger partial charge on any atom is 0.354 e. The van der Waals surface area contributed by atoms with Gasteiger partial charge >= 0.3 is 5.97 Å². The number of aromatic nitrogens is 2. The Morgan fingerprint density at radius 2 is 2.00 bits per heavy atom. The average Bonchev–Trinajstić information content (AvgIpc) is 2.78. The Morgan fingerprint density at radius 3 is 2.70 bits per heavy atom. The Kier molecular flexibility index (Phi) is 3.04. The van der Waals surface area contributed by atoms with Gasteiger partial charge in [-0.1, -0.05) is 11.6 Å². The van der Waals surface area contributed by atoms with E-state index in [2.05, 4.69) is 15.3 Å². The molecule has 0 aliphatic rings. The van der Waals surface area contributed by atoms with Gasteiger partial charge in [-0.2, -0.15) is 0 Å². The largest absolute Gasteiger partial charge is 0.477 e. The molecule has 0 saturated carbocycles. The zero-order chi connectivity index (χ0) is 14.1. The zero-order valence-corrected chi connectivity index (χ0v) is 11.0. The standard InChI is InChI=1S/C14H10ClN3O2/c15-8-1-2-10-11(7-8)18-13(14(19)20)12(10)17-9-3-5-16-6-4-9/h1-7,18H,(H,16,17)(H,19,20). The molecule has 0 spiro atoms. The van der Waals surface area contributed by atoms with Gasteiger partial charge in [-0.15, -0.1) is 0 Å². The molecule has 3 aromatic rings. The fourth-order valence-electron chi connectivity index (χ4n) is 2.04. The molecule has 3 N–H and O–H groups in total. The van der Waals surface area contributed by atoms with E-state index in [1.807, 2.05) is 0 Å². The van der Waals surface area contributed by atoms with Crippen LogP contribution in [0.4, 0.5) is 11.4 Å². The van der Waals surface area contributed by atoms with Gasteiger partial charge in [-0.3, -0.25) is 4.98 Å². The van der Waals surface area contributed by atoms with E-state index in [1.54, 1.807) is 42.7 Å². The number of pyridine rings is 1. The van der Waals surface area contributed by atoms with Crippen LogP contribution in [0.15, 0.2) is 42.7 Å². The molecule has 0 aliphatic carbocycles. The van der Waals surface area contributed by atoms with E-state index < -0.39 is 5.97 Å². The van der Waals surface area contributed by atoms with E-state index >= 15 is 0 Å². The van der Waals surface area contributed by atoms with Crippen LogP contribution in [0.5, 0.6) is 0 Å². The number of nitrogens with zero attached hydrogens (tertiary/aromatic N) is 1. The first-order valence-electron chi connectivity index (χ1n) is 5.87. The Balaban J connectivity index is 2.16. The number of aromatic amines is 1. The Hall–Kier alpha value is -2.53. The highest BCUT2D eigenvalue weighted by Crippen LogP contribution is 2.32. The molecule has 0 amide bonds. The first-order chi connectivity index (χ1) is 9.65. The van der Waals surface area contributed by atoms with Crippen molar-refractivity contribution in [1.29, 1.82) is 0 Å². The van der Waals surface area contributed by atoms with E-state index in [-0.39, 0.29) is 5.69 Å². The topological polar surface area (TPSA) is 78.0 Å². The summed E-state index contributed by atoms with van der Waals surface area (Å²) in [5, 5.41) is 13.7. The van der Waals surface area contributed by atoms with Crippen molar-refractivity contribution in [1.82, 2.24) is 9.97 Å². The lowest BCUT2D eigenvalue weighted by molar-refractivity contribution is 0.0692. The molecule has 2 heterocycles. The number of aromatic carboxylic acids is 1. The van der Waals surface area contributed by atoms with Gasteiger partial charge in [0.05, 0.1) is 5.69 Å². The van der Waals surface area contributed by atoms with Crippen molar-refractivity contribution < 1.29 is 9.90 Å². The van der Waals surface area contributed by atoms with Crippen LogP contribution in [0.1, 0.15) is 10.5 Å². The number of H-pyrrole nitrogens is 1.